The minimum absolute atomic E-state index is 0.0348. The van der Waals surface area contributed by atoms with Gasteiger partial charge in [-0.1, -0.05) is 19.9 Å². The van der Waals surface area contributed by atoms with Crippen LogP contribution >= 0.6 is 0 Å². The number of hydrogen-bond acceptors (Lipinski definition) is 6. The summed E-state index contributed by atoms with van der Waals surface area (Å²) >= 11 is 0. The number of ether oxygens (including phenoxy) is 2. The summed E-state index contributed by atoms with van der Waals surface area (Å²) in [6.07, 6.45) is 2.59. The number of cyclic esters (lactones) is 1. The average Bonchev–Trinajstić information content (AvgIpc) is 2.78. The van der Waals surface area contributed by atoms with Crippen LogP contribution in [0.25, 0.3) is 0 Å². The topological polar surface area (TPSA) is 110 Å². The molecular weight excluding hydrogens is 316 g/mol. The van der Waals surface area contributed by atoms with Crippen molar-refractivity contribution >= 4 is 17.9 Å². The predicted octanol–water partition coefficient (Wildman–Crippen LogP) is 1.15. The molecule has 134 valence electrons. The number of esters is 2. The monoisotopic (exact) mass is 340 g/mol. The highest BCUT2D eigenvalue weighted by Crippen LogP contribution is 2.48. The fourth-order valence-corrected chi connectivity index (χ4v) is 3.78. The number of carbonyl (C=O) groups excluding carboxylic acids is 2. The molecule has 0 bridgehead atoms. The lowest BCUT2D eigenvalue weighted by Crippen LogP contribution is -2.49. The highest BCUT2D eigenvalue weighted by atomic mass is 16.6. The molecule has 2 fully saturated rings. The molecule has 2 N–H and O–H groups in total. The van der Waals surface area contributed by atoms with Gasteiger partial charge in [0.25, 0.3) is 0 Å². The maximum absolute atomic E-state index is 12.2. The van der Waals surface area contributed by atoms with Crippen molar-refractivity contribution in [2.45, 2.75) is 39.2 Å². The molecule has 0 aromatic carbocycles. The van der Waals surface area contributed by atoms with E-state index in [4.69, 9.17) is 9.47 Å². The quantitative estimate of drug-likeness (QED) is 0.570. The SMILES string of the molecule is CC(=O)OCC(=CC1C(C(C)C)CCC2(O)COC(=O)C12)C(=O)O. The predicted molar refractivity (Wildman–Crippen MR) is 82.8 cm³/mol. The molecule has 1 aliphatic heterocycles. The zero-order valence-electron chi connectivity index (χ0n) is 14.2. The van der Waals surface area contributed by atoms with Gasteiger partial charge in [0, 0.05) is 6.92 Å². The molecule has 1 aliphatic carbocycles. The fourth-order valence-electron chi connectivity index (χ4n) is 3.78. The van der Waals surface area contributed by atoms with Crippen LogP contribution < -0.4 is 0 Å². The maximum atomic E-state index is 12.2. The minimum Gasteiger partial charge on any atom is -0.478 e. The van der Waals surface area contributed by atoms with Crippen LogP contribution in [0.1, 0.15) is 33.6 Å². The number of carbonyl (C=O) groups is 3. The molecule has 2 rings (SSSR count). The van der Waals surface area contributed by atoms with Crippen molar-refractivity contribution in [1.29, 1.82) is 0 Å². The number of hydrogen-bond donors (Lipinski definition) is 2. The summed E-state index contributed by atoms with van der Waals surface area (Å²) in [6, 6.07) is 0. The summed E-state index contributed by atoms with van der Waals surface area (Å²) in [7, 11) is 0. The highest BCUT2D eigenvalue weighted by Gasteiger charge is 2.57. The second-order valence-electron chi connectivity index (χ2n) is 6.99. The number of carboxylic acid groups (broad SMARTS) is 1. The summed E-state index contributed by atoms with van der Waals surface area (Å²) in [6.45, 7) is 4.78. The van der Waals surface area contributed by atoms with Crippen LogP contribution in [-0.4, -0.2) is 46.9 Å². The van der Waals surface area contributed by atoms with Gasteiger partial charge in [0.15, 0.2) is 0 Å². The summed E-state index contributed by atoms with van der Waals surface area (Å²) in [5.41, 5.74) is -1.35. The summed E-state index contributed by atoms with van der Waals surface area (Å²) in [5.74, 6) is -3.31. The van der Waals surface area contributed by atoms with Gasteiger partial charge in [-0.25, -0.2) is 4.79 Å². The maximum Gasteiger partial charge on any atom is 0.334 e. The van der Waals surface area contributed by atoms with E-state index >= 15 is 0 Å². The Morgan fingerprint density at radius 1 is 1.46 bits per heavy atom. The van der Waals surface area contributed by atoms with Crippen molar-refractivity contribution < 1.29 is 34.1 Å². The molecule has 1 saturated heterocycles. The third-order valence-corrected chi connectivity index (χ3v) is 5.04. The Kier molecular flexibility index (Phi) is 5.32. The van der Waals surface area contributed by atoms with Crippen molar-refractivity contribution in [2.24, 2.45) is 23.7 Å². The van der Waals surface area contributed by atoms with E-state index in [0.29, 0.717) is 12.8 Å². The molecule has 0 radical (unpaired) electrons. The summed E-state index contributed by atoms with van der Waals surface area (Å²) in [5, 5.41) is 20.1. The molecule has 1 saturated carbocycles. The third-order valence-electron chi connectivity index (χ3n) is 5.04. The van der Waals surface area contributed by atoms with E-state index in [1.165, 1.54) is 13.0 Å². The number of rotatable bonds is 5. The number of aliphatic carboxylic acids is 1. The van der Waals surface area contributed by atoms with E-state index in [9.17, 15) is 24.6 Å². The van der Waals surface area contributed by atoms with Crippen LogP contribution in [0.5, 0.6) is 0 Å². The standard InChI is InChI=1S/C17H24O7/c1-9(2)12-4-5-17(22)8-24-16(21)14(17)13(12)6-11(15(19)20)7-23-10(3)18/h6,9,12-14,22H,4-5,7-8H2,1-3H3,(H,19,20). The minimum atomic E-state index is -1.26. The fraction of sp³-hybridized carbons (Fsp3) is 0.706. The normalized spacial score (nSPS) is 33.1. The van der Waals surface area contributed by atoms with Crippen LogP contribution in [-0.2, 0) is 23.9 Å². The van der Waals surface area contributed by atoms with E-state index in [0.717, 1.165) is 0 Å². The van der Waals surface area contributed by atoms with E-state index in [1.807, 2.05) is 13.8 Å². The Labute approximate surface area is 140 Å². The lowest BCUT2D eigenvalue weighted by atomic mass is 9.62. The van der Waals surface area contributed by atoms with Crippen LogP contribution in [0.15, 0.2) is 11.6 Å². The van der Waals surface area contributed by atoms with E-state index in [-0.39, 0.29) is 30.6 Å². The Hall–Kier alpha value is -1.89. The first kappa shape index (κ1) is 18.4. The van der Waals surface area contributed by atoms with E-state index < -0.39 is 35.3 Å². The van der Waals surface area contributed by atoms with E-state index in [2.05, 4.69) is 0 Å². The molecule has 0 aromatic rings. The van der Waals surface area contributed by atoms with Gasteiger partial charge >= 0.3 is 17.9 Å². The smallest absolute Gasteiger partial charge is 0.334 e. The lowest BCUT2D eigenvalue weighted by Gasteiger charge is -2.42. The number of fused-ring (bicyclic) bond motifs is 1. The van der Waals surface area contributed by atoms with Crippen LogP contribution in [0.4, 0.5) is 0 Å². The Morgan fingerprint density at radius 3 is 2.67 bits per heavy atom. The van der Waals surface area contributed by atoms with E-state index in [1.54, 1.807) is 0 Å². The molecule has 24 heavy (non-hydrogen) atoms. The van der Waals surface area contributed by atoms with Crippen LogP contribution in [0.2, 0.25) is 0 Å². The molecular formula is C17H24O7. The zero-order chi connectivity index (χ0) is 18.1. The second kappa shape index (κ2) is 6.93. The van der Waals surface area contributed by atoms with Crippen molar-refractivity contribution in [3.8, 4) is 0 Å². The first-order valence-corrected chi connectivity index (χ1v) is 8.12. The van der Waals surface area contributed by atoms with Gasteiger partial charge in [-0.15, -0.1) is 0 Å². The highest BCUT2D eigenvalue weighted by molar-refractivity contribution is 5.87. The Bertz CT molecular complexity index is 565. The zero-order valence-corrected chi connectivity index (χ0v) is 14.2. The third kappa shape index (κ3) is 3.61. The second-order valence-corrected chi connectivity index (χ2v) is 6.99. The first-order chi connectivity index (χ1) is 11.2. The Balaban J connectivity index is 2.38. The lowest BCUT2D eigenvalue weighted by molar-refractivity contribution is -0.145. The number of aliphatic hydroxyl groups is 1. The van der Waals surface area contributed by atoms with Crippen LogP contribution in [0, 0.1) is 23.7 Å². The molecule has 7 heteroatoms. The van der Waals surface area contributed by atoms with Gasteiger partial charge in [0.1, 0.15) is 18.8 Å². The largest absolute Gasteiger partial charge is 0.478 e. The number of allylic oxidation sites excluding steroid dienone is 1. The van der Waals surface area contributed by atoms with Gasteiger partial charge in [0.05, 0.1) is 11.5 Å². The Morgan fingerprint density at radius 2 is 2.12 bits per heavy atom. The molecule has 0 aromatic heterocycles. The molecule has 4 unspecified atom stereocenters. The molecule has 0 spiro atoms. The average molecular weight is 340 g/mol. The summed E-state index contributed by atoms with van der Waals surface area (Å²) < 4.78 is 9.85. The van der Waals surface area contributed by atoms with Gasteiger partial charge < -0.3 is 19.7 Å². The van der Waals surface area contributed by atoms with Crippen molar-refractivity contribution in [3.05, 3.63) is 11.6 Å². The first-order valence-electron chi connectivity index (χ1n) is 8.12. The summed E-state index contributed by atoms with van der Waals surface area (Å²) in [4.78, 5) is 34.6. The molecule has 4 atom stereocenters. The molecule has 7 nitrogen and oxygen atoms in total. The van der Waals surface area contributed by atoms with Gasteiger partial charge in [-0.05, 0) is 30.6 Å². The molecule has 2 aliphatic rings. The van der Waals surface area contributed by atoms with Crippen molar-refractivity contribution in [3.63, 3.8) is 0 Å². The molecule has 1 heterocycles. The van der Waals surface area contributed by atoms with Gasteiger partial charge in [-0.3, -0.25) is 9.59 Å². The molecule has 0 amide bonds. The van der Waals surface area contributed by atoms with Crippen LogP contribution in [0.3, 0.4) is 0 Å². The van der Waals surface area contributed by atoms with Crippen molar-refractivity contribution in [1.82, 2.24) is 0 Å². The van der Waals surface area contributed by atoms with Gasteiger partial charge in [0.2, 0.25) is 0 Å². The number of carboxylic acids is 1. The van der Waals surface area contributed by atoms with Gasteiger partial charge in [-0.2, -0.15) is 0 Å². The van der Waals surface area contributed by atoms with Crippen molar-refractivity contribution in [2.75, 3.05) is 13.2 Å².